The number of morpholine rings is 1. The molecular formula is C36H41N7O5. The number of nitrogens with zero attached hydrogens (tertiary/aromatic N) is 7. The van der Waals surface area contributed by atoms with E-state index in [1.165, 1.54) is 0 Å². The summed E-state index contributed by atoms with van der Waals surface area (Å²) in [7, 11) is 0. The molecule has 12 heteroatoms. The van der Waals surface area contributed by atoms with E-state index in [4.69, 9.17) is 24.2 Å². The first-order valence-corrected chi connectivity index (χ1v) is 16.8. The van der Waals surface area contributed by atoms with Crippen molar-refractivity contribution in [2.75, 3.05) is 75.5 Å². The van der Waals surface area contributed by atoms with Crippen LogP contribution >= 0.6 is 0 Å². The Kier molecular flexibility index (Phi) is 9.70. The Morgan fingerprint density at radius 1 is 1.08 bits per heavy atom. The van der Waals surface area contributed by atoms with Gasteiger partial charge in [-0.2, -0.15) is 15.2 Å². The van der Waals surface area contributed by atoms with E-state index in [9.17, 15) is 15.2 Å². The average Bonchev–Trinajstić information content (AvgIpc) is 3.94. The van der Waals surface area contributed by atoms with Crippen molar-refractivity contribution in [1.29, 1.82) is 5.26 Å². The number of nitriles is 1. The molecule has 4 heterocycles. The fourth-order valence-corrected chi connectivity index (χ4v) is 6.50. The predicted octanol–water partition coefficient (Wildman–Crippen LogP) is 3.75. The third-order valence-corrected chi connectivity index (χ3v) is 9.12. The van der Waals surface area contributed by atoms with Gasteiger partial charge in [0.05, 0.1) is 56.4 Å². The molecule has 0 atom stereocenters. The second-order valence-corrected chi connectivity index (χ2v) is 12.5. The number of benzene rings is 2. The number of amides is 1. The third-order valence-electron chi connectivity index (χ3n) is 9.12. The Bertz CT molecular complexity index is 1740. The number of aromatic nitrogens is 2. The molecule has 2 aromatic carbocycles. The van der Waals surface area contributed by atoms with Crippen molar-refractivity contribution in [3.8, 4) is 17.8 Å². The molecule has 12 nitrogen and oxygen atoms in total. The second kappa shape index (κ2) is 14.6. The lowest BCUT2D eigenvalue weighted by Crippen LogP contribution is -2.42. The van der Waals surface area contributed by atoms with Gasteiger partial charge in [-0.25, -0.2) is 0 Å². The summed E-state index contributed by atoms with van der Waals surface area (Å²) in [4.78, 5) is 31.2. The van der Waals surface area contributed by atoms with E-state index < -0.39 is 0 Å². The van der Waals surface area contributed by atoms with Gasteiger partial charge < -0.3 is 34.0 Å². The number of aromatic hydroxyl groups is 1. The third kappa shape index (κ3) is 7.39. The number of hydrogen-bond donors (Lipinski definition) is 1. The number of phenols is 1. The van der Waals surface area contributed by atoms with Gasteiger partial charge in [0.1, 0.15) is 18.2 Å². The van der Waals surface area contributed by atoms with Gasteiger partial charge in [0, 0.05) is 74.2 Å². The zero-order valence-corrected chi connectivity index (χ0v) is 27.1. The normalized spacial score (nSPS) is 18.6. The monoisotopic (exact) mass is 651 g/mol. The van der Waals surface area contributed by atoms with Crippen LogP contribution in [0.2, 0.25) is 0 Å². The molecule has 0 bridgehead atoms. The first-order valence-electron chi connectivity index (χ1n) is 16.8. The first-order chi connectivity index (χ1) is 23.6. The highest BCUT2D eigenvalue weighted by molar-refractivity contribution is 5.95. The molecule has 3 aliphatic heterocycles. The summed E-state index contributed by atoms with van der Waals surface area (Å²) in [6.07, 6.45) is 8.65. The molecule has 1 aromatic heterocycles. The Morgan fingerprint density at radius 2 is 1.94 bits per heavy atom. The van der Waals surface area contributed by atoms with Crippen LogP contribution in [0.15, 0.2) is 60.4 Å². The first kappa shape index (κ1) is 31.9. The number of phenolic OH excluding ortho intramolecular Hbond substituents is 1. The predicted molar refractivity (Wildman–Crippen MR) is 181 cm³/mol. The molecule has 1 amide bonds. The van der Waals surface area contributed by atoms with Crippen LogP contribution < -0.4 is 14.5 Å². The molecule has 0 spiro atoms. The maximum Gasteiger partial charge on any atom is 0.318 e. The molecule has 0 unspecified atom stereocenters. The van der Waals surface area contributed by atoms with E-state index in [0.717, 1.165) is 59.5 Å². The van der Waals surface area contributed by atoms with Crippen molar-refractivity contribution in [3.63, 3.8) is 0 Å². The van der Waals surface area contributed by atoms with Gasteiger partial charge in [-0.05, 0) is 30.7 Å². The van der Waals surface area contributed by atoms with Gasteiger partial charge in [0.2, 0.25) is 0 Å². The largest absolute Gasteiger partial charge is 0.508 e. The lowest BCUT2D eigenvalue weighted by Gasteiger charge is -2.36. The average molecular weight is 652 g/mol. The van der Waals surface area contributed by atoms with Gasteiger partial charge in [-0.1, -0.05) is 30.3 Å². The number of rotatable bonds is 11. The Hall–Kier alpha value is -4.70. The highest BCUT2D eigenvalue weighted by Gasteiger charge is 2.30. The maximum atomic E-state index is 13.3. The summed E-state index contributed by atoms with van der Waals surface area (Å²) in [5.41, 5.74) is 3.43. The van der Waals surface area contributed by atoms with Crippen LogP contribution in [0.3, 0.4) is 0 Å². The second-order valence-electron chi connectivity index (χ2n) is 12.5. The van der Waals surface area contributed by atoms with Crippen molar-refractivity contribution in [2.24, 2.45) is 0 Å². The van der Waals surface area contributed by atoms with Crippen LogP contribution in [-0.4, -0.2) is 103 Å². The molecule has 3 aromatic rings. The van der Waals surface area contributed by atoms with Gasteiger partial charge >= 0.3 is 6.01 Å². The van der Waals surface area contributed by atoms with E-state index in [-0.39, 0.29) is 24.1 Å². The molecule has 2 fully saturated rings. The van der Waals surface area contributed by atoms with E-state index in [1.54, 1.807) is 17.0 Å². The van der Waals surface area contributed by atoms with Crippen LogP contribution in [0.25, 0.3) is 10.8 Å². The minimum Gasteiger partial charge on any atom is -0.508 e. The van der Waals surface area contributed by atoms with Crippen LogP contribution in [0.1, 0.15) is 30.5 Å². The minimum absolute atomic E-state index is 0.0903. The molecule has 1 N–H and O–H groups in total. The van der Waals surface area contributed by atoms with Crippen LogP contribution in [0.4, 0.5) is 11.5 Å². The molecule has 48 heavy (non-hydrogen) atoms. The fourth-order valence-electron chi connectivity index (χ4n) is 6.50. The molecule has 0 radical (unpaired) electrons. The van der Waals surface area contributed by atoms with Crippen LogP contribution in [0, 0.1) is 11.3 Å². The smallest absolute Gasteiger partial charge is 0.318 e. The zero-order valence-electron chi connectivity index (χ0n) is 27.1. The topological polar surface area (TPSA) is 128 Å². The summed E-state index contributed by atoms with van der Waals surface area (Å²) < 4.78 is 17.2. The van der Waals surface area contributed by atoms with Gasteiger partial charge in [0.25, 0.3) is 5.91 Å². The van der Waals surface area contributed by atoms with Crippen molar-refractivity contribution in [2.45, 2.75) is 38.3 Å². The number of fused-ring (bicyclic) bond motifs is 2. The lowest BCUT2D eigenvalue weighted by molar-refractivity contribution is -0.124. The van der Waals surface area contributed by atoms with Crippen molar-refractivity contribution < 1.29 is 24.1 Å². The molecule has 1 saturated heterocycles. The standard InChI is InChI=1S/C36H41N7O5/c37-11-9-27-24-42(14-15-43(27)34(45)6-3-12-40-16-18-46-19-17-40)35-31-10-13-41(33-23-28(44)22-26-4-1-2-5-30(26)33)25-32(31)38-36(39-35)48-21-20-47-29-7-8-29/h1-6,22-24,29,44H,7-10,12-21,25H2/b6-3+. The van der Waals surface area contributed by atoms with E-state index in [2.05, 4.69) is 21.9 Å². The molecule has 4 aliphatic rings. The summed E-state index contributed by atoms with van der Waals surface area (Å²) >= 11 is 0. The van der Waals surface area contributed by atoms with Crippen LogP contribution in [0.5, 0.6) is 11.8 Å². The molecule has 1 aliphatic carbocycles. The number of hydrogen-bond acceptors (Lipinski definition) is 11. The summed E-state index contributed by atoms with van der Waals surface area (Å²) in [5.74, 6) is 0.808. The highest BCUT2D eigenvalue weighted by Crippen LogP contribution is 2.37. The molecule has 250 valence electrons. The quantitative estimate of drug-likeness (QED) is 0.241. The SMILES string of the molecule is N#CCC1=CN(c2nc(OCCOC3CC3)nc3c2CCN(c2cc(O)cc4ccccc24)C3)CCN1C(=O)/C=C/CN1CCOCC1. The summed E-state index contributed by atoms with van der Waals surface area (Å²) in [6, 6.07) is 14.1. The van der Waals surface area contributed by atoms with Crippen LogP contribution in [-0.2, 0) is 27.2 Å². The Balaban J connectivity index is 1.15. The number of carbonyl (C=O) groups excluding carboxylic acids is 1. The number of ether oxygens (including phenoxy) is 3. The van der Waals surface area contributed by atoms with Crippen molar-refractivity contribution in [1.82, 2.24) is 19.8 Å². The minimum atomic E-state index is -0.136. The molecular weight excluding hydrogens is 610 g/mol. The highest BCUT2D eigenvalue weighted by atomic mass is 16.5. The van der Waals surface area contributed by atoms with E-state index in [0.29, 0.717) is 77.4 Å². The lowest BCUT2D eigenvalue weighted by atomic mass is 10.0. The van der Waals surface area contributed by atoms with Gasteiger partial charge in [-0.15, -0.1) is 0 Å². The van der Waals surface area contributed by atoms with Gasteiger partial charge in [0.15, 0.2) is 0 Å². The number of allylic oxidation sites excluding steroid dienone is 1. The van der Waals surface area contributed by atoms with Gasteiger partial charge in [-0.3, -0.25) is 9.69 Å². The fraction of sp³-hybridized carbons (Fsp3) is 0.444. The number of anilines is 2. The Morgan fingerprint density at radius 3 is 2.77 bits per heavy atom. The molecule has 7 rings (SSSR count). The van der Waals surface area contributed by atoms with E-state index >= 15 is 0 Å². The van der Waals surface area contributed by atoms with Crippen molar-refractivity contribution >= 4 is 28.2 Å². The number of carbonyl (C=O) groups is 1. The zero-order chi connectivity index (χ0) is 32.9. The van der Waals surface area contributed by atoms with Crippen molar-refractivity contribution in [3.05, 3.63) is 71.7 Å². The Labute approximate surface area is 280 Å². The molecule has 1 saturated carbocycles. The van der Waals surface area contributed by atoms with E-state index in [1.807, 2.05) is 41.4 Å². The summed E-state index contributed by atoms with van der Waals surface area (Å²) in [6.45, 7) is 6.73. The summed E-state index contributed by atoms with van der Waals surface area (Å²) in [5, 5.41) is 22.3. The maximum absolute atomic E-state index is 13.3.